The average molecular weight is 253 g/mol. The first-order valence-electron chi connectivity index (χ1n) is 8.01. The summed E-state index contributed by atoms with van der Waals surface area (Å²) in [5.74, 6) is 0. The first-order chi connectivity index (χ1) is 8.79. The zero-order valence-corrected chi connectivity index (χ0v) is 12.1. The summed E-state index contributed by atoms with van der Waals surface area (Å²) in [6, 6.07) is 1.29. The van der Waals surface area contributed by atoms with E-state index in [0.717, 1.165) is 6.04 Å². The van der Waals surface area contributed by atoms with E-state index in [4.69, 9.17) is 5.73 Å². The van der Waals surface area contributed by atoms with Crippen molar-refractivity contribution in [1.82, 2.24) is 9.80 Å². The fourth-order valence-electron chi connectivity index (χ4n) is 3.51. The molecule has 2 aliphatic rings. The van der Waals surface area contributed by atoms with Crippen molar-refractivity contribution in [2.75, 3.05) is 32.7 Å². The molecule has 0 spiro atoms. The molecular weight excluding hydrogens is 222 g/mol. The Morgan fingerprint density at radius 1 is 1.06 bits per heavy atom. The van der Waals surface area contributed by atoms with Gasteiger partial charge in [0.15, 0.2) is 0 Å². The van der Waals surface area contributed by atoms with Crippen molar-refractivity contribution in [3.63, 3.8) is 0 Å². The van der Waals surface area contributed by atoms with E-state index in [1.807, 2.05) is 0 Å². The molecule has 0 amide bonds. The molecule has 2 N–H and O–H groups in total. The number of hydrogen-bond acceptors (Lipinski definition) is 3. The Balaban J connectivity index is 1.75. The van der Waals surface area contributed by atoms with Crippen molar-refractivity contribution < 1.29 is 0 Å². The summed E-state index contributed by atoms with van der Waals surface area (Å²) in [6.45, 7) is 8.78. The molecule has 18 heavy (non-hydrogen) atoms. The predicted octanol–water partition coefficient (Wildman–Crippen LogP) is 2.06. The summed E-state index contributed by atoms with van der Waals surface area (Å²) in [5, 5.41) is 0. The molecule has 2 fully saturated rings. The summed E-state index contributed by atoms with van der Waals surface area (Å²) in [6.07, 6.45) is 9.20. The van der Waals surface area contributed by atoms with Crippen molar-refractivity contribution in [1.29, 1.82) is 0 Å². The molecule has 3 nitrogen and oxygen atoms in total. The van der Waals surface area contributed by atoms with E-state index in [1.54, 1.807) is 0 Å². The highest BCUT2D eigenvalue weighted by Crippen LogP contribution is 2.22. The smallest absolute Gasteiger partial charge is 0.0112 e. The lowest BCUT2D eigenvalue weighted by atomic mass is 9.90. The topological polar surface area (TPSA) is 32.5 Å². The monoisotopic (exact) mass is 253 g/mol. The zero-order valence-electron chi connectivity index (χ0n) is 12.1. The third-order valence-corrected chi connectivity index (χ3v) is 4.67. The van der Waals surface area contributed by atoms with Crippen molar-refractivity contribution in [2.24, 2.45) is 5.73 Å². The fraction of sp³-hybridized carbons (Fsp3) is 1.00. The Hall–Kier alpha value is -0.120. The molecule has 106 valence electrons. The van der Waals surface area contributed by atoms with Crippen LogP contribution in [0.25, 0.3) is 0 Å². The van der Waals surface area contributed by atoms with Crippen molar-refractivity contribution >= 4 is 0 Å². The fourth-order valence-corrected chi connectivity index (χ4v) is 3.51. The molecule has 1 saturated carbocycles. The Morgan fingerprint density at radius 2 is 1.72 bits per heavy atom. The summed E-state index contributed by atoms with van der Waals surface area (Å²) in [5.41, 5.74) is 6.02. The molecule has 1 saturated heterocycles. The Morgan fingerprint density at radius 3 is 2.33 bits per heavy atom. The van der Waals surface area contributed by atoms with Gasteiger partial charge in [0.25, 0.3) is 0 Å². The van der Waals surface area contributed by atoms with Gasteiger partial charge in [-0.15, -0.1) is 0 Å². The van der Waals surface area contributed by atoms with Crippen LogP contribution in [0.2, 0.25) is 0 Å². The van der Waals surface area contributed by atoms with E-state index in [-0.39, 0.29) is 0 Å². The highest BCUT2D eigenvalue weighted by Gasteiger charge is 2.24. The van der Waals surface area contributed by atoms with Gasteiger partial charge in [-0.1, -0.05) is 6.92 Å². The van der Waals surface area contributed by atoms with Crippen LogP contribution in [0.5, 0.6) is 0 Å². The predicted molar refractivity (Wildman–Crippen MR) is 77.8 cm³/mol. The van der Waals surface area contributed by atoms with Gasteiger partial charge < -0.3 is 10.6 Å². The zero-order chi connectivity index (χ0) is 12.8. The minimum atomic E-state index is 0.475. The van der Waals surface area contributed by atoms with E-state index in [1.165, 1.54) is 77.7 Å². The lowest BCUT2D eigenvalue weighted by Crippen LogP contribution is -2.44. The van der Waals surface area contributed by atoms with Crippen LogP contribution in [0.3, 0.4) is 0 Å². The van der Waals surface area contributed by atoms with Crippen molar-refractivity contribution in [3.8, 4) is 0 Å². The van der Waals surface area contributed by atoms with Crippen molar-refractivity contribution in [3.05, 3.63) is 0 Å². The van der Waals surface area contributed by atoms with Gasteiger partial charge in [0, 0.05) is 25.2 Å². The molecule has 0 unspecified atom stereocenters. The van der Waals surface area contributed by atoms with Gasteiger partial charge in [0.1, 0.15) is 0 Å². The van der Waals surface area contributed by atoms with Gasteiger partial charge in [-0.05, 0) is 64.6 Å². The van der Waals surface area contributed by atoms with Crippen LogP contribution in [0, 0.1) is 0 Å². The highest BCUT2D eigenvalue weighted by atomic mass is 15.2. The minimum absolute atomic E-state index is 0.475. The second kappa shape index (κ2) is 7.46. The number of nitrogens with zero attached hydrogens (tertiary/aromatic N) is 2. The van der Waals surface area contributed by atoms with Crippen molar-refractivity contribution in [2.45, 2.75) is 64.0 Å². The number of rotatable bonds is 6. The Kier molecular flexibility index (Phi) is 5.93. The van der Waals surface area contributed by atoms with Gasteiger partial charge >= 0.3 is 0 Å². The molecule has 0 aromatic rings. The SMILES string of the molecule is CCCN(CCN1CCCC1)C1CCC(N)CC1. The average Bonchev–Trinajstić information content (AvgIpc) is 2.89. The van der Waals surface area contributed by atoms with Crippen LogP contribution < -0.4 is 5.73 Å². The van der Waals surface area contributed by atoms with Gasteiger partial charge in [0.2, 0.25) is 0 Å². The molecule has 1 heterocycles. The molecular formula is C15H31N3. The Labute approximate surface area is 113 Å². The minimum Gasteiger partial charge on any atom is -0.328 e. The summed E-state index contributed by atoms with van der Waals surface area (Å²) in [4.78, 5) is 5.38. The van der Waals surface area contributed by atoms with Crippen LogP contribution in [0.15, 0.2) is 0 Å². The van der Waals surface area contributed by atoms with Gasteiger partial charge in [0.05, 0.1) is 0 Å². The quantitative estimate of drug-likeness (QED) is 0.786. The molecule has 0 aromatic heterocycles. The molecule has 1 aliphatic heterocycles. The van der Waals surface area contributed by atoms with Crippen LogP contribution in [0.1, 0.15) is 51.9 Å². The largest absolute Gasteiger partial charge is 0.328 e. The molecule has 0 aromatic carbocycles. The maximum Gasteiger partial charge on any atom is 0.0112 e. The maximum atomic E-state index is 6.02. The Bertz CT molecular complexity index is 218. The molecule has 0 radical (unpaired) electrons. The van der Waals surface area contributed by atoms with E-state index >= 15 is 0 Å². The molecule has 2 rings (SSSR count). The summed E-state index contributed by atoms with van der Waals surface area (Å²) < 4.78 is 0. The molecule has 1 aliphatic carbocycles. The molecule has 0 bridgehead atoms. The van der Waals surface area contributed by atoms with Gasteiger partial charge in [-0.2, -0.15) is 0 Å². The molecule has 3 heteroatoms. The number of likely N-dealkylation sites (tertiary alicyclic amines) is 1. The summed E-state index contributed by atoms with van der Waals surface area (Å²) in [7, 11) is 0. The lowest BCUT2D eigenvalue weighted by molar-refractivity contribution is 0.134. The van der Waals surface area contributed by atoms with E-state index in [0.29, 0.717) is 6.04 Å². The van der Waals surface area contributed by atoms with E-state index < -0.39 is 0 Å². The third-order valence-electron chi connectivity index (χ3n) is 4.67. The lowest BCUT2D eigenvalue weighted by Gasteiger charge is -2.36. The van der Waals surface area contributed by atoms with Crippen LogP contribution >= 0.6 is 0 Å². The molecule has 0 atom stereocenters. The first kappa shape index (κ1) is 14.3. The highest BCUT2D eigenvalue weighted by molar-refractivity contribution is 4.82. The van der Waals surface area contributed by atoms with Crippen LogP contribution in [-0.2, 0) is 0 Å². The first-order valence-corrected chi connectivity index (χ1v) is 8.01. The van der Waals surface area contributed by atoms with Crippen LogP contribution in [0.4, 0.5) is 0 Å². The van der Waals surface area contributed by atoms with Crippen LogP contribution in [-0.4, -0.2) is 54.6 Å². The van der Waals surface area contributed by atoms with E-state index in [2.05, 4.69) is 16.7 Å². The maximum absolute atomic E-state index is 6.02. The van der Waals surface area contributed by atoms with E-state index in [9.17, 15) is 0 Å². The summed E-state index contributed by atoms with van der Waals surface area (Å²) >= 11 is 0. The second-order valence-corrected chi connectivity index (χ2v) is 6.15. The number of hydrogen-bond donors (Lipinski definition) is 1. The standard InChI is InChI=1S/C15H31N3/c1-2-9-18(13-12-17-10-3-4-11-17)15-7-5-14(16)6-8-15/h14-15H,2-13,16H2,1H3. The number of nitrogens with two attached hydrogens (primary N) is 1. The normalized spacial score (nSPS) is 30.2. The van der Waals surface area contributed by atoms with Gasteiger partial charge in [-0.25, -0.2) is 0 Å². The van der Waals surface area contributed by atoms with Gasteiger partial charge in [-0.3, -0.25) is 4.90 Å². The second-order valence-electron chi connectivity index (χ2n) is 6.15. The third kappa shape index (κ3) is 4.22.